The third kappa shape index (κ3) is 4.39. The molecule has 1 saturated carbocycles. The Hall–Kier alpha value is -2.35. The zero-order valence-electron chi connectivity index (χ0n) is 13.6. The van der Waals surface area contributed by atoms with Crippen LogP contribution in [0.1, 0.15) is 18.4 Å². The number of carbonyl (C=O) groups is 2. The van der Waals surface area contributed by atoms with Gasteiger partial charge in [-0.15, -0.1) is 11.8 Å². The van der Waals surface area contributed by atoms with Crippen LogP contribution in [-0.2, 0) is 9.59 Å². The average molecular weight is 361 g/mol. The number of para-hydroxylation sites is 1. The van der Waals surface area contributed by atoms with Gasteiger partial charge in [0.05, 0.1) is 16.4 Å². The molecule has 25 heavy (non-hydrogen) atoms. The van der Waals surface area contributed by atoms with Crippen LogP contribution in [-0.4, -0.2) is 45.9 Å². The summed E-state index contributed by atoms with van der Waals surface area (Å²) in [5.41, 5.74) is 0.309. The molecule has 0 spiro atoms. The second kappa shape index (κ2) is 7.69. The summed E-state index contributed by atoms with van der Waals surface area (Å²) in [5.74, 6) is 1.17. The van der Waals surface area contributed by atoms with E-state index in [2.05, 4.69) is 5.32 Å². The number of hydrogen-bond donors (Lipinski definition) is 1. The van der Waals surface area contributed by atoms with E-state index in [4.69, 9.17) is 0 Å². The number of thioether (sulfide) groups is 1. The molecule has 1 unspecified atom stereocenters. The fourth-order valence-corrected chi connectivity index (χ4v) is 3.78. The molecule has 2 aliphatic rings. The van der Waals surface area contributed by atoms with E-state index < -0.39 is 11.0 Å². The maximum Gasteiger partial charge on any atom is 0.276 e. The number of hydrogen-bond acceptors (Lipinski definition) is 5. The highest BCUT2D eigenvalue weighted by Gasteiger charge is 2.34. The number of nitrogens with zero attached hydrogens (tertiary/aromatic N) is 2. The van der Waals surface area contributed by atoms with Gasteiger partial charge in [0.2, 0.25) is 11.8 Å². The number of nitro groups is 1. The maximum atomic E-state index is 12.4. The Morgan fingerprint density at radius 1 is 1.36 bits per heavy atom. The highest BCUT2D eigenvalue weighted by Crippen LogP contribution is 2.28. The SMILES string of the molecule is O=C(NCC1CC1)C1CSCN1C(=O)/C=C/c1ccccc1[N+](=O)[O-]. The second-order valence-electron chi connectivity index (χ2n) is 6.16. The number of nitro benzene ring substituents is 1. The molecule has 0 bridgehead atoms. The summed E-state index contributed by atoms with van der Waals surface area (Å²) in [6.07, 6.45) is 5.04. The Balaban J connectivity index is 1.65. The molecule has 1 aromatic carbocycles. The molecule has 1 aromatic rings. The molecular weight excluding hydrogens is 342 g/mol. The zero-order valence-corrected chi connectivity index (χ0v) is 14.4. The Morgan fingerprint density at radius 2 is 2.12 bits per heavy atom. The average Bonchev–Trinajstić information content (AvgIpc) is 3.31. The van der Waals surface area contributed by atoms with E-state index in [-0.39, 0.29) is 17.5 Å². The number of benzene rings is 1. The van der Waals surface area contributed by atoms with Crippen LogP contribution in [0, 0.1) is 16.0 Å². The quantitative estimate of drug-likeness (QED) is 0.475. The zero-order chi connectivity index (χ0) is 17.8. The van der Waals surface area contributed by atoms with Crippen molar-refractivity contribution in [3.63, 3.8) is 0 Å². The summed E-state index contributed by atoms with van der Waals surface area (Å²) in [4.78, 5) is 36.8. The van der Waals surface area contributed by atoms with Crippen molar-refractivity contribution >= 4 is 35.3 Å². The van der Waals surface area contributed by atoms with Crippen LogP contribution >= 0.6 is 11.8 Å². The van der Waals surface area contributed by atoms with Gasteiger partial charge in [-0.1, -0.05) is 12.1 Å². The van der Waals surface area contributed by atoms with E-state index in [1.807, 2.05) is 0 Å². The summed E-state index contributed by atoms with van der Waals surface area (Å²) < 4.78 is 0. The lowest BCUT2D eigenvalue weighted by atomic mass is 10.1. The molecule has 2 fully saturated rings. The lowest BCUT2D eigenvalue weighted by Gasteiger charge is -2.21. The van der Waals surface area contributed by atoms with Crippen molar-refractivity contribution in [2.45, 2.75) is 18.9 Å². The monoisotopic (exact) mass is 361 g/mol. The molecule has 1 N–H and O–H groups in total. The van der Waals surface area contributed by atoms with Gasteiger partial charge in [-0.25, -0.2) is 0 Å². The molecule has 8 heteroatoms. The highest BCUT2D eigenvalue weighted by molar-refractivity contribution is 7.99. The first-order chi connectivity index (χ1) is 12.1. The molecular formula is C17H19N3O4S. The normalized spacial score (nSPS) is 20.0. The molecule has 0 aromatic heterocycles. The fraction of sp³-hybridized carbons (Fsp3) is 0.412. The minimum absolute atomic E-state index is 0.0546. The van der Waals surface area contributed by atoms with E-state index in [1.54, 1.807) is 18.2 Å². The standard InChI is InChI=1S/C17H19N3O4S/c21-16(8-7-13-3-1-2-4-14(13)20(23)24)19-11-25-10-15(19)17(22)18-9-12-5-6-12/h1-4,7-8,12,15H,5-6,9-11H2,(H,18,22)/b8-7+. The fourth-order valence-electron chi connectivity index (χ4n) is 2.61. The first-order valence-electron chi connectivity index (χ1n) is 8.14. The van der Waals surface area contributed by atoms with Gasteiger partial charge in [0, 0.05) is 24.4 Å². The van der Waals surface area contributed by atoms with E-state index >= 15 is 0 Å². The number of amides is 2. The van der Waals surface area contributed by atoms with E-state index in [0.29, 0.717) is 29.7 Å². The van der Waals surface area contributed by atoms with Gasteiger partial charge in [0.1, 0.15) is 6.04 Å². The number of nitrogens with one attached hydrogen (secondary N) is 1. The van der Waals surface area contributed by atoms with Crippen molar-refractivity contribution in [3.05, 3.63) is 46.0 Å². The molecule has 1 saturated heterocycles. The number of rotatable bonds is 6. The maximum absolute atomic E-state index is 12.4. The van der Waals surface area contributed by atoms with Gasteiger partial charge in [0.25, 0.3) is 5.69 Å². The molecule has 1 aliphatic carbocycles. The summed E-state index contributed by atoms with van der Waals surface area (Å²) in [6, 6.07) is 5.75. The van der Waals surface area contributed by atoms with Crippen LogP contribution in [0.2, 0.25) is 0 Å². The van der Waals surface area contributed by atoms with Crippen molar-refractivity contribution in [2.24, 2.45) is 5.92 Å². The van der Waals surface area contributed by atoms with Gasteiger partial charge in [-0.3, -0.25) is 19.7 Å². The Morgan fingerprint density at radius 3 is 2.84 bits per heavy atom. The summed E-state index contributed by atoms with van der Waals surface area (Å²) in [6.45, 7) is 0.675. The van der Waals surface area contributed by atoms with Crippen LogP contribution in [0.15, 0.2) is 30.3 Å². The molecule has 0 radical (unpaired) electrons. The minimum Gasteiger partial charge on any atom is -0.354 e. The predicted molar refractivity (Wildman–Crippen MR) is 95.8 cm³/mol. The van der Waals surface area contributed by atoms with Crippen LogP contribution in [0.5, 0.6) is 0 Å². The lowest BCUT2D eigenvalue weighted by Crippen LogP contribution is -2.47. The molecule has 2 amide bonds. The Kier molecular flexibility index (Phi) is 5.37. The van der Waals surface area contributed by atoms with Gasteiger partial charge >= 0.3 is 0 Å². The first kappa shape index (κ1) is 17.5. The molecule has 1 atom stereocenters. The molecule has 7 nitrogen and oxygen atoms in total. The summed E-state index contributed by atoms with van der Waals surface area (Å²) in [5, 5.41) is 13.9. The van der Waals surface area contributed by atoms with Crippen molar-refractivity contribution in [2.75, 3.05) is 18.2 Å². The van der Waals surface area contributed by atoms with Crippen LogP contribution < -0.4 is 5.32 Å². The molecule has 132 valence electrons. The third-order valence-electron chi connectivity index (χ3n) is 4.27. The van der Waals surface area contributed by atoms with Crippen LogP contribution in [0.4, 0.5) is 5.69 Å². The van der Waals surface area contributed by atoms with Crippen molar-refractivity contribution in [3.8, 4) is 0 Å². The summed E-state index contributed by atoms with van der Waals surface area (Å²) >= 11 is 1.53. The molecule has 1 aliphatic heterocycles. The smallest absolute Gasteiger partial charge is 0.276 e. The second-order valence-corrected chi connectivity index (χ2v) is 7.16. The Labute approximate surface area is 149 Å². The van der Waals surface area contributed by atoms with Crippen LogP contribution in [0.3, 0.4) is 0 Å². The van der Waals surface area contributed by atoms with Gasteiger partial charge in [-0.2, -0.15) is 0 Å². The third-order valence-corrected chi connectivity index (χ3v) is 5.28. The van der Waals surface area contributed by atoms with Crippen molar-refractivity contribution < 1.29 is 14.5 Å². The van der Waals surface area contributed by atoms with E-state index in [0.717, 1.165) is 12.8 Å². The highest BCUT2D eigenvalue weighted by atomic mass is 32.2. The van der Waals surface area contributed by atoms with Crippen molar-refractivity contribution in [1.29, 1.82) is 0 Å². The largest absolute Gasteiger partial charge is 0.354 e. The van der Waals surface area contributed by atoms with Gasteiger partial charge in [-0.05, 0) is 30.9 Å². The molecule has 1 heterocycles. The lowest BCUT2D eigenvalue weighted by molar-refractivity contribution is -0.385. The van der Waals surface area contributed by atoms with Crippen molar-refractivity contribution in [1.82, 2.24) is 10.2 Å². The van der Waals surface area contributed by atoms with Gasteiger partial charge in [0.15, 0.2) is 0 Å². The van der Waals surface area contributed by atoms with Gasteiger partial charge < -0.3 is 10.2 Å². The summed E-state index contributed by atoms with van der Waals surface area (Å²) in [7, 11) is 0. The topological polar surface area (TPSA) is 92.6 Å². The minimum atomic E-state index is -0.482. The number of carbonyl (C=O) groups excluding carboxylic acids is 2. The van der Waals surface area contributed by atoms with Crippen LogP contribution in [0.25, 0.3) is 6.08 Å². The predicted octanol–water partition coefficient (Wildman–Crippen LogP) is 2.04. The van der Waals surface area contributed by atoms with E-state index in [9.17, 15) is 19.7 Å². The van der Waals surface area contributed by atoms with E-state index in [1.165, 1.54) is 34.9 Å². The Bertz CT molecular complexity index is 718. The molecule has 3 rings (SSSR count). The first-order valence-corrected chi connectivity index (χ1v) is 9.29.